The molecule has 0 amide bonds. The number of carbonyl (C=O) groups excluding carboxylic acids is 1. The van der Waals surface area contributed by atoms with Gasteiger partial charge in [-0.1, -0.05) is 0 Å². The fraction of sp³-hybridized carbons (Fsp3) is 0.333. The number of rotatable bonds is 0. The van der Waals surface area contributed by atoms with Gasteiger partial charge in [-0.25, -0.2) is 4.79 Å². The largest absolute Gasteiger partial charge is 2.00 e. The Kier molecular flexibility index (Phi) is 14.7. The van der Waals surface area contributed by atoms with E-state index in [1.165, 1.54) is 0 Å². The normalized spacial score (nSPS) is 5.89. The molecular weight excluding hydrogens is 183 g/mol. The predicted molar refractivity (Wildman–Crippen MR) is 27.8 cm³/mol. The Morgan fingerprint density at radius 3 is 1.89 bits per heavy atom. The van der Waals surface area contributed by atoms with E-state index in [1.807, 2.05) is 0 Å². The molecule has 0 aromatic carbocycles. The zero-order chi connectivity index (χ0) is 5.86. The third kappa shape index (κ3) is 17.9. The fourth-order valence-electron chi connectivity index (χ4n) is 0.123. The van der Waals surface area contributed by atoms with Crippen molar-refractivity contribution >= 4 is 35.2 Å². The number of carbonyl (C=O) groups is 2. The van der Waals surface area contributed by atoms with Gasteiger partial charge in [-0.15, -0.1) is 0 Å². The summed E-state index contributed by atoms with van der Waals surface area (Å²) in [4.78, 5) is 19.0. The zero-order valence-corrected chi connectivity index (χ0v) is 7.10. The van der Waals surface area contributed by atoms with Gasteiger partial charge in [0, 0.05) is 23.4 Å². The molecule has 0 atom stereocenters. The van der Waals surface area contributed by atoms with Gasteiger partial charge in [0.05, 0.1) is 0 Å². The van der Waals surface area contributed by atoms with E-state index >= 15 is 0 Å². The second-order valence-corrected chi connectivity index (χ2v) is 0.860. The fourth-order valence-corrected chi connectivity index (χ4v) is 0.123. The Hall–Kier alpha value is 0.200. The van der Waals surface area contributed by atoms with Crippen molar-refractivity contribution in [2.75, 3.05) is 0 Å². The van der Waals surface area contributed by atoms with Crippen LogP contribution in [0.15, 0.2) is 0 Å². The standard InChI is InChI=1S/C3H4O4.Mg.Ni.2H/c1-2(4)7-3(5)6;;;;/h1H3,(H,5,6);;;;/q;+2;;2*-1. The molecule has 0 aromatic rings. The maximum Gasteiger partial charge on any atom is 2.00 e. The molecule has 54 valence electrons. The van der Waals surface area contributed by atoms with Gasteiger partial charge >= 0.3 is 35.2 Å². The van der Waals surface area contributed by atoms with Crippen LogP contribution in [0.5, 0.6) is 0 Å². The van der Waals surface area contributed by atoms with E-state index in [4.69, 9.17) is 5.11 Å². The van der Waals surface area contributed by atoms with E-state index in [-0.39, 0.29) is 42.4 Å². The summed E-state index contributed by atoms with van der Waals surface area (Å²) in [5.74, 6) is -0.812. The van der Waals surface area contributed by atoms with E-state index in [2.05, 4.69) is 4.74 Å². The van der Waals surface area contributed by atoms with Gasteiger partial charge in [0.15, 0.2) is 0 Å². The van der Waals surface area contributed by atoms with Gasteiger partial charge < -0.3 is 12.7 Å². The summed E-state index contributed by atoms with van der Waals surface area (Å²) in [5, 5.41) is 7.64. The minimum absolute atomic E-state index is 0. The molecule has 4 nitrogen and oxygen atoms in total. The van der Waals surface area contributed by atoms with E-state index in [0.29, 0.717) is 0 Å². The first-order valence-electron chi connectivity index (χ1n) is 1.54. The molecule has 0 spiro atoms. The third-order valence-corrected chi connectivity index (χ3v) is 0.231. The molecule has 0 rings (SSSR count). The van der Waals surface area contributed by atoms with Crippen molar-refractivity contribution < 1.29 is 38.8 Å². The van der Waals surface area contributed by atoms with Crippen LogP contribution in [0.3, 0.4) is 0 Å². The molecule has 9 heavy (non-hydrogen) atoms. The molecule has 1 N–H and O–H groups in total. The molecule has 0 radical (unpaired) electrons. The quantitative estimate of drug-likeness (QED) is 0.332. The summed E-state index contributed by atoms with van der Waals surface area (Å²) >= 11 is 0. The molecule has 0 unspecified atom stereocenters. The minimum Gasteiger partial charge on any atom is -1.00 e. The zero-order valence-electron chi connectivity index (χ0n) is 6.70. The first-order chi connectivity index (χ1) is 3.13. The van der Waals surface area contributed by atoms with Gasteiger partial charge in [0.25, 0.3) is 0 Å². The molecule has 0 aromatic heterocycles. The monoisotopic (exact) mass is 188 g/mol. The Bertz CT molecular complexity index is 99.5. The second kappa shape index (κ2) is 8.20. The Morgan fingerprint density at radius 1 is 1.56 bits per heavy atom. The number of esters is 1. The molecule has 0 aliphatic rings. The van der Waals surface area contributed by atoms with Crippen molar-refractivity contribution in [3.63, 3.8) is 0 Å². The molecule has 6 heteroatoms. The van der Waals surface area contributed by atoms with E-state index in [1.54, 1.807) is 0 Å². The first-order valence-corrected chi connectivity index (χ1v) is 1.54. The Labute approximate surface area is 81.0 Å². The molecule has 0 aliphatic carbocycles. The van der Waals surface area contributed by atoms with Gasteiger partial charge in [0.2, 0.25) is 0 Å². The summed E-state index contributed by atoms with van der Waals surface area (Å²) in [6, 6.07) is 0. The summed E-state index contributed by atoms with van der Waals surface area (Å²) in [7, 11) is 0. The number of carboxylic acid groups (broad SMARTS) is 1. The second-order valence-electron chi connectivity index (χ2n) is 0.860. The number of hydrogen-bond donors (Lipinski definition) is 1. The Balaban J connectivity index is -0.0000000300. The van der Waals surface area contributed by atoms with Crippen molar-refractivity contribution in [3.05, 3.63) is 0 Å². The van der Waals surface area contributed by atoms with Crippen molar-refractivity contribution in [1.82, 2.24) is 0 Å². The number of ether oxygens (including phenoxy) is 1. The van der Waals surface area contributed by atoms with Crippen LogP contribution in [0.4, 0.5) is 4.79 Å². The molecule has 0 heterocycles. The van der Waals surface area contributed by atoms with Crippen LogP contribution in [0.25, 0.3) is 0 Å². The predicted octanol–water partition coefficient (Wildman–Crippen LogP) is 0.0692. The number of hydrogen-bond acceptors (Lipinski definition) is 3. The summed E-state index contributed by atoms with van der Waals surface area (Å²) in [6.07, 6.45) is -1.56. The molecule has 0 bridgehead atoms. The molecular formula is C3H6MgNiO4. The van der Waals surface area contributed by atoms with Crippen LogP contribution in [-0.2, 0) is 26.0 Å². The van der Waals surface area contributed by atoms with Crippen LogP contribution >= 0.6 is 0 Å². The molecule has 0 aliphatic heterocycles. The van der Waals surface area contributed by atoms with Crippen LogP contribution in [0, 0.1) is 0 Å². The molecule has 0 saturated heterocycles. The summed E-state index contributed by atoms with van der Waals surface area (Å²) in [5.41, 5.74) is 0. The minimum atomic E-state index is -1.56. The average Bonchev–Trinajstić information content (AvgIpc) is 1.27. The van der Waals surface area contributed by atoms with E-state index in [9.17, 15) is 9.59 Å². The van der Waals surface area contributed by atoms with Crippen LogP contribution in [-0.4, -0.2) is 40.3 Å². The smallest absolute Gasteiger partial charge is 1.00 e. The van der Waals surface area contributed by atoms with E-state index < -0.39 is 12.1 Å². The van der Waals surface area contributed by atoms with Crippen molar-refractivity contribution in [1.29, 1.82) is 0 Å². The molecule has 0 fully saturated rings. The van der Waals surface area contributed by atoms with Gasteiger partial charge in [-0.2, -0.15) is 0 Å². The Morgan fingerprint density at radius 2 is 1.89 bits per heavy atom. The maximum absolute atomic E-state index is 9.65. The van der Waals surface area contributed by atoms with Crippen LogP contribution in [0.2, 0.25) is 0 Å². The van der Waals surface area contributed by atoms with Crippen molar-refractivity contribution in [2.24, 2.45) is 0 Å². The summed E-state index contributed by atoms with van der Waals surface area (Å²) in [6.45, 7) is 1.02. The first kappa shape index (κ1) is 16.1. The van der Waals surface area contributed by atoms with Crippen molar-refractivity contribution in [2.45, 2.75) is 6.92 Å². The summed E-state index contributed by atoms with van der Waals surface area (Å²) < 4.78 is 3.53. The topological polar surface area (TPSA) is 63.6 Å². The van der Waals surface area contributed by atoms with Gasteiger partial charge in [0.1, 0.15) is 0 Å². The molecule has 0 saturated carbocycles. The van der Waals surface area contributed by atoms with Crippen molar-refractivity contribution in [3.8, 4) is 0 Å². The van der Waals surface area contributed by atoms with Gasteiger partial charge in [-0.3, -0.25) is 4.79 Å². The SMILES string of the molecule is CC(=O)OC(=O)O.[H-].[H-].[Mg+2].[Ni]. The maximum atomic E-state index is 9.65. The average molecular weight is 189 g/mol. The van der Waals surface area contributed by atoms with Crippen LogP contribution in [0.1, 0.15) is 9.78 Å². The van der Waals surface area contributed by atoms with Gasteiger partial charge in [-0.05, 0) is 0 Å². The van der Waals surface area contributed by atoms with Crippen LogP contribution < -0.4 is 0 Å². The third-order valence-electron chi connectivity index (χ3n) is 0.231. The van der Waals surface area contributed by atoms with E-state index in [0.717, 1.165) is 6.92 Å².